The van der Waals surface area contributed by atoms with Crippen LogP contribution in [-0.2, 0) is 13.1 Å². The number of aryl methyl sites for hydroxylation is 3. The quantitative estimate of drug-likeness (QED) is 0.111. The number of hydrogen-bond donors (Lipinski definition) is 2. The standard InChI is InChI=1S/C20H30N6O2S.HI/c1-16-14-17(2)25(24-16)12-4-10-21-20(22-11-5-13-29-3)23-15-18-6-8-19(9-7-18)26(27)28;/h6-9,14H,4-5,10-13,15H2,1-3H3,(H2,21,22,23);1H. The number of halogens is 1. The van der Waals surface area contributed by atoms with Crippen molar-refractivity contribution in [3.63, 3.8) is 0 Å². The van der Waals surface area contributed by atoms with Crippen LogP contribution in [0.25, 0.3) is 0 Å². The first kappa shape index (κ1) is 26.2. The molecule has 0 unspecified atom stereocenters. The molecule has 1 heterocycles. The van der Waals surface area contributed by atoms with Crippen LogP contribution in [0.1, 0.15) is 29.8 Å². The Morgan fingerprint density at radius 2 is 1.87 bits per heavy atom. The van der Waals surface area contributed by atoms with Crippen molar-refractivity contribution in [2.24, 2.45) is 4.99 Å². The molecule has 0 aliphatic carbocycles. The molecule has 0 bridgehead atoms. The second-order valence-electron chi connectivity index (χ2n) is 6.79. The van der Waals surface area contributed by atoms with Gasteiger partial charge in [0.15, 0.2) is 5.96 Å². The molecule has 8 nitrogen and oxygen atoms in total. The van der Waals surface area contributed by atoms with Crippen LogP contribution in [0.15, 0.2) is 35.3 Å². The number of guanidine groups is 1. The summed E-state index contributed by atoms with van der Waals surface area (Å²) >= 11 is 1.82. The molecule has 2 N–H and O–H groups in total. The monoisotopic (exact) mass is 546 g/mol. The number of nitro benzene ring substituents is 1. The van der Waals surface area contributed by atoms with Gasteiger partial charge in [-0.05, 0) is 50.3 Å². The van der Waals surface area contributed by atoms with Gasteiger partial charge in [0, 0.05) is 37.5 Å². The lowest BCUT2D eigenvalue weighted by atomic mass is 10.2. The summed E-state index contributed by atoms with van der Waals surface area (Å²) in [6, 6.07) is 8.60. The van der Waals surface area contributed by atoms with Crippen LogP contribution in [0.3, 0.4) is 0 Å². The van der Waals surface area contributed by atoms with Gasteiger partial charge in [-0.2, -0.15) is 16.9 Å². The molecule has 10 heteroatoms. The number of nitrogens with one attached hydrogen (secondary N) is 2. The maximum absolute atomic E-state index is 10.8. The zero-order chi connectivity index (χ0) is 21.1. The highest BCUT2D eigenvalue weighted by atomic mass is 127. The summed E-state index contributed by atoms with van der Waals surface area (Å²) in [6.45, 7) is 7.03. The number of thioether (sulfide) groups is 1. The number of nitro groups is 1. The summed E-state index contributed by atoms with van der Waals surface area (Å²) in [6.07, 6.45) is 4.09. The van der Waals surface area contributed by atoms with Crippen LogP contribution >= 0.6 is 35.7 Å². The molecule has 0 spiro atoms. The highest BCUT2D eigenvalue weighted by molar-refractivity contribution is 14.0. The number of benzene rings is 1. The van der Waals surface area contributed by atoms with E-state index >= 15 is 0 Å². The number of hydrogen-bond acceptors (Lipinski definition) is 5. The van der Waals surface area contributed by atoms with Gasteiger partial charge in [-0.1, -0.05) is 12.1 Å². The Hall–Kier alpha value is -1.82. The average Bonchev–Trinajstić information content (AvgIpc) is 3.03. The van der Waals surface area contributed by atoms with E-state index < -0.39 is 4.92 Å². The van der Waals surface area contributed by atoms with Crippen LogP contribution in [0.4, 0.5) is 5.69 Å². The first-order valence-electron chi connectivity index (χ1n) is 9.75. The topological polar surface area (TPSA) is 97.4 Å². The maximum Gasteiger partial charge on any atom is 0.269 e. The molecule has 0 aliphatic heterocycles. The molecule has 2 rings (SSSR count). The highest BCUT2D eigenvalue weighted by Crippen LogP contribution is 2.12. The fourth-order valence-corrected chi connectivity index (χ4v) is 3.26. The lowest BCUT2D eigenvalue weighted by molar-refractivity contribution is -0.384. The van der Waals surface area contributed by atoms with Crippen molar-refractivity contribution in [1.82, 2.24) is 20.4 Å². The number of aromatic nitrogens is 2. The SMILES string of the molecule is CSCCCNC(=NCc1ccc([N+](=O)[O-])cc1)NCCCn1nc(C)cc1C.I. The van der Waals surface area contributed by atoms with Gasteiger partial charge in [0.2, 0.25) is 0 Å². The van der Waals surface area contributed by atoms with E-state index in [1.54, 1.807) is 12.1 Å². The second kappa shape index (κ2) is 14.2. The van der Waals surface area contributed by atoms with Crippen molar-refractivity contribution >= 4 is 47.4 Å². The van der Waals surface area contributed by atoms with Gasteiger partial charge in [0.25, 0.3) is 5.69 Å². The molecule has 0 aliphatic rings. The normalized spacial score (nSPS) is 11.1. The zero-order valence-electron chi connectivity index (χ0n) is 17.8. The van der Waals surface area contributed by atoms with E-state index in [9.17, 15) is 10.1 Å². The van der Waals surface area contributed by atoms with Gasteiger partial charge in [0.05, 0.1) is 17.2 Å². The van der Waals surface area contributed by atoms with E-state index in [2.05, 4.69) is 40.0 Å². The molecular weight excluding hydrogens is 515 g/mol. The highest BCUT2D eigenvalue weighted by Gasteiger charge is 2.05. The predicted octanol–water partition coefficient (Wildman–Crippen LogP) is 3.90. The van der Waals surface area contributed by atoms with Crippen LogP contribution in [0.2, 0.25) is 0 Å². The molecule has 0 saturated carbocycles. The summed E-state index contributed by atoms with van der Waals surface area (Å²) in [4.78, 5) is 15.0. The fourth-order valence-electron chi connectivity index (χ4n) is 2.83. The second-order valence-corrected chi connectivity index (χ2v) is 7.78. The summed E-state index contributed by atoms with van der Waals surface area (Å²) in [7, 11) is 0. The molecule has 0 amide bonds. The molecule has 0 fully saturated rings. The fraction of sp³-hybridized carbons (Fsp3) is 0.500. The zero-order valence-corrected chi connectivity index (χ0v) is 20.9. The molecule has 0 saturated heterocycles. The number of non-ortho nitro benzene ring substituents is 1. The lowest BCUT2D eigenvalue weighted by Crippen LogP contribution is -2.38. The summed E-state index contributed by atoms with van der Waals surface area (Å²) < 4.78 is 2.02. The van der Waals surface area contributed by atoms with Crippen LogP contribution in [0, 0.1) is 24.0 Å². The molecule has 0 radical (unpaired) electrons. The van der Waals surface area contributed by atoms with Crippen molar-refractivity contribution in [3.05, 3.63) is 57.4 Å². The Morgan fingerprint density at radius 3 is 2.43 bits per heavy atom. The Bertz CT molecular complexity index is 810. The minimum Gasteiger partial charge on any atom is -0.356 e. The van der Waals surface area contributed by atoms with Crippen LogP contribution in [0.5, 0.6) is 0 Å². The molecule has 30 heavy (non-hydrogen) atoms. The molecule has 0 atom stereocenters. The molecule has 1 aromatic heterocycles. The van der Waals surface area contributed by atoms with Gasteiger partial charge in [-0.15, -0.1) is 24.0 Å². The first-order chi connectivity index (χ1) is 14.0. The summed E-state index contributed by atoms with van der Waals surface area (Å²) in [5, 5.41) is 22.0. The molecule has 1 aromatic carbocycles. The maximum atomic E-state index is 10.8. The van der Waals surface area contributed by atoms with Crippen molar-refractivity contribution in [3.8, 4) is 0 Å². The predicted molar refractivity (Wildman–Crippen MR) is 135 cm³/mol. The van der Waals surface area contributed by atoms with Crippen LogP contribution in [-0.4, -0.2) is 45.8 Å². The van der Waals surface area contributed by atoms with Crippen LogP contribution < -0.4 is 10.6 Å². The third-order valence-electron chi connectivity index (χ3n) is 4.33. The lowest BCUT2D eigenvalue weighted by Gasteiger charge is -2.13. The number of aliphatic imine (C=N–C) groups is 1. The minimum atomic E-state index is -0.393. The Balaban J connectivity index is 0.00000450. The van der Waals surface area contributed by atoms with E-state index in [1.807, 2.05) is 23.4 Å². The van der Waals surface area contributed by atoms with E-state index in [-0.39, 0.29) is 29.7 Å². The number of nitrogens with zero attached hydrogens (tertiary/aromatic N) is 4. The van der Waals surface area contributed by atoms with Crippen molar-refractivity contribution in [2.75, 3.05) is 25.1 Å². The Labute approximate surface area is 199 Å². The Morgan fingerprint density at radius 1 is 1.20 bits per heavy atom. The van der Waals surface area contributed by atoms with Crippen molar-refractivity contribution < 1.29 is 4.92 Å². The van der Waals surface area contributed by atoms with Crippen molar-refractivity contribution in [2.45, 2.75) is 39.8 Å². The third kappa shape index (κ3) is 9.33. The molecule has 166 valence electrons. The molecular formula is C20H31IN6O2S. The van der Waals surface area contributed by atoms with Gasteiger partial charge >= 0.3 is 0 Å². The largest absolute Gasteiger partial charge is 0.356 e. The van der Waals surface area contributed by atoms with Gasteiger partial charge in [0.1, 0.15) is 0 Å². The van der Waals surface area contributed by atoms with Crippen molar-refractivity contribution in [1.29, 1.82) is 0 Å². The smallest absolute Gasteiger partial charge is 0.269 e. The summed E-state index contributed by atoms with van der Waals surface area (Å²) in [5.74, 6) is 1.86. The first-order valence-corrected chi connectivity index (χ1v) is 11.1. The van der Waals surface area contributed by atoms with E-state index in [4.69, 9.17) is 0 Å². The van der Waals surface area contributed by atoms with E-state index in [0.717, 1.165) is 55.4 Å². The van der Waals surface area contributed by atoms with Gasteiger partial charge < -0.3 is 10.6 Å². The minimum absolute atomic E-state index is 0. The van der Waals surface area contributed by atoms with Gasteiger partial charge in [-0.25, -0.2) is 4.99 Å². The number of rotatable bonds is 11. The Kier molecular flexibility index (Phi) is 12.4. The molecule has 2 aromatic rings. The van der Waals surface area contributed by atoms with Gasteiger partial charge in [-0.3, -0.25) is 14.8 Å². The summed E-state index contributed by atoms with van der Waals surface area (Å²) in [5.41, 5.74) is 3.24. The van der Waals surface area contributed by atoms with E-state index in [0.29, 0.717) is 6.54 Å². The average molecular weight is 546 g/mol. The van der Waals surface area contributed by atoms with E-state index in [1.165, 1.54) is 17.8 Å². The third-order valence-corrected chi connectivity index (χ3v) is 5.02.